The van der Waals surface area contributed by atoms with E-state index in [1.807, 2.05) is 18.0 Å². The normalized spacial score (nSPS) is 17.9. The summed E-state index contributed by atoms with van der Waals surface area (Å²) in [7, 11) is 1.91. The second-order valence-corrected chi connectivity index (χ2v) is 8.27. The zero-order valence-electron chi connectivity index (χ0n) is 12.2. The Bertz CT molecular complexity index is 443. The van der Waals surface area contributed by atoms with Crippen molar-refractivity contribution >= 4 is 33.2 Å². The molecule has 20 heavy (non-hydrogen) atoms. The summed E-state index contributed by atoms with van der Waals surface area (Å²) >= 11 is 5.16. The van der Waals surface area contributed by atoms with Crippen LogP contribution in [0.2, 0.25) is 0 Å². The molecule has 0 spiro atoms. The second kappa shape index (κ2) is 7.57. The maximum atomic E-state index is 12.3. The maximum Gasteiger partial charge on any atom is 0.222 e. The quantitative estimate of drug-likeness (QED) is 0.873. The van der Waals surface area contributed by atoms with Crippen LogP contribution in [0, 0.1) is 11.8 Å². The molecule has 1 unspecified atom stereocenters. The van der Waals surface area contributed by atoms with Crippen LogP contribution in [0.3, 0.4) is 0 Å². The summed E-state index contributed by atoms with van der Waals surface area (Å²) in [6, 6.07) is 4.12. The Labute approximate surface area is 133 Å². The number of halogens is 1. The summed E-state index contributed by atoms with van der Waals surface area (Å²) in [5.74, 6) is 1.45. The first-order chi connectivity index (χ1) is 9.56. The zero-order valence-corrected chi connectivity index (χ0v) is 14.6. The lowest BCUT2D eigenvalue weighted by Gasteiger charge is -2.29. The van der Waals surface area contributed by atoms with Gasteiger partial charge in [-0.25, -0.2) is 0 Å². The number of hydrogen-bond donors (Lipinski definition) is 1. The van der Waals surface area contributed by atoms with E-state index in [0.717, 1.165) is 16.9 Å². The van der Waals surface area contributed by atoms with E-state index in [9.17, 15) is 4.79 Å². The van der Waals surface area contributed by atoms with Gasteiger partial charge in [0, 0.05) is 18.3 Å². The van der Waals surface area contributed by atoms with Crippen LogP contribution < -0.4 is 5.32 Å². The summed E-state index contributed by atoms with van der Waals surface area (Å²) in [4.78, 5) is 15.4. The van der Waals surface area contributed by atoms with Gasteiger partial charge in [0.25, 0.3) is 0 Å². The van der Waals surface area contributed by atoms with Gasteiger partial charge in [0.05, 0.1) is 10.3 Å². The molecule has 1 saturated heterocycles. The first kappa shape index (κ1) is 16.0. The third kappa shape index (κ3) is 4.57. The molecule has 5 heteroatoms. The van der Waals surface area contributed by atoms with Gasteiger partial charge in [-0.1, -0.05) is 6.92 Å². The molecule has 1 aliphatic heterocycles. The lowest BCUT2D eigenvalue weighted by Crippen LogP contribution is -2.34. The smallest absolute Gasteiger partial charge is 0.222 e. The molecule has 2 rings (SSSR count). The van der Waals surface area contributed by atoms with Crippen molar-refractivity contribution in [2.75, 3.05) is 20.1 Å². The van der Waals surface area contributed by atoms with Gasteiger partial charge >= 0.3 is 0 Å². The highest BCUT2D eigenvalue weighted by atomic mass is 79.9. The molecule has 1 aromatic rings. The van der Waals surface area contributed by atoms with Crippen molar-refractivity contribution in [3.8, 4) is 0 Å². The number of piperidine rings is 1. The van der Waals surface area contributed by atoms with E-state index in [2.05, 4.69) is 34.2 Å². The molecular formula is C15H23BrN2OS. The van der Waals surface area contributed by atoms with Gasteiger partial charge in [-0.2, -0.15) is 0 Å². The molecule has 1 fully saturated rings. The highest BCUT2D eigenvalue weighted by molar-refractivity contribution is 9.11. The average Bonchev–Trinajstić information content (AvgIpc) is 2.85. The van der Waals surface area contributed by atoms with E-state index < -0.39 is 0 Å². The van der Waals surface area contributed by atoms with Crippen molar-refractivity contribution in [1.29, 1.82) is 0 Å². The second-order valence-electron chi connectivity index (χ2n) is 5.72. The van der Waals surface area contributed by atoms with Gasteiger partial charge in [0.1, 0.15) is 0 Å². The van der Waals surface area contributed by atoms with Crippen LogP contribution in [0.4, 0.5) is 0 Å². The van der Waals surface area contributed by atoms with Crippen molar-refractivity contribution in [3.05, 3.63) is 20.8 Å². The van der Waals surface area contributed by atoms with Crippen LogP contribution in [0.15, 0.2) is 15.9 Å². The number of thiophene rings is 1. The standard InChI is InChI=1S/C15H23BrN2OS/c1-11(12-5-7-17-8-6-12)9-15(19)18(2)10-13-3-4-14(16)20-13/h3-4,11-12,17H,5-10H2,1-2H3. The third-order valence-corrected chi connectivity index (χ3v) is 5.74. The molecule has 1 aromatic heterocycles. The van der Waals surface area contributed by atoms with E-state index in [1.165, 1.54) is 17.7 Å². The van der Waals surface area contributed by atoms with E-state index in [0.29, 0.717) is 24.8 Å². The first-order valence-electron chi connectivity index (χ1n) is 7.25. The Morgan fingerprint density at radius 3 is 2.80 bits per heavy atom. The topological polar surface area (TPSA) is 32.3 Å². The van der Waals surface area contributed by atoms with Crippen molar-refractivity contribution in [1.82, 2.24) is 10.2 Å². The molecule has 0 aromatic carbocycles. The van der Waals surface area contributed by atoms with Crippen LogP contribution in [-0.4, -0.2) is 30.9 Å². The Hall–Kier alpha value is -0.390. The Kier molecular flexibility index (Phi) is 6.05. The molecule has 1 amide bonds. The molecule has 1 N–H and O–H groups in total. The summed E-state index contributed by atoms with van der Waals surface area (Å²) in [6.07, 6.45) is 3.08. The number of amides is 1. The molecule has 3 nitrogen and oxygen atoms in total. The van der Waals surface area contributed by atoms with Gasteiger partial charge < -0.3 is 10.2 Å². The molecular weight excluding hydrogens is 336 g/mol. The molecule has 1 aliphatic rings. The third-order valence-electron chi connectivity index (χ3n) is 4.13. The Morgan fingerprint density at radius 2 is 2.20 bits per heavy atom. The molecule has 2 heterocycles. The number of rotatable bonds is 5. The number of hydrogen-bond acceptors (Lipinski definition) is 3. The largest absolute Gasteiger partial charge is 0.341 e. The first-order valence-corrected chi connectivity index (χ1v) is 8.86. The van der Waals surface area contributed by atoms with E-state index in [-0.39, 0.29) is 5.91 Å². The fourth-order valence-electron chi connectivity index (χ4n) is 2.77. The van der Waals surface area contributed by atoms with Crippen LogP contribution in [0.5, 0.6) is 0 Å². The highest BCUT2D eigenvalue weighted by Gasteiger charge is 2.23. The number of nitrogens with zero attached hydrogens (tertiary/aromatic N) is 1. The summed E-state index contributed by atoms with van der Waals surface area (Å²) < 4.78 is 1.12. The summed E-state index contributed by atoms with van der Waals surface area (Å²) in [5.41, 5.74) is 0. The summed E-state index contributed by atoms with van der Waals surface area (Å²) in [6.45, 7) is 5.14. The predicted octanol–water partition coefficient (Wildman–Crippen LogP) is 3.49. The Balaban J connectivity index is 1.80. The molecule has 0 bridgehead atoms. The van der Waals surface area contributed by atoms with E-state index in [4.69, 9.17) is 0 Å². The molecule has 0 radical (unpaired) electrons. The monoisotopic (exact) mass is 358 g/mol. The van der Waals surface area contributed by atoms with Gasteiger partial charge in [0.2, 0.25) is 5.91 Å². The number of nitrogens with one attached hydrogen (secondary N) is 1. The SMILES string of the molecule is CC(CC(=O)N(C)Cc1ccc(Br)s1)C1CCNCC1. The van der Waals surface area contributed by atoms with Gasteiger partial charge in [-0.05, 0) is 65.8 Å². The Morgan fingerprint density at radius 1 is 1.50 bits per heavy atom. The minimum atomic E-state index is 0.264. The molecule has 0 saturated carbocycles. The zero-order chi connectivity index (χ0) is 14.5. The fraction of sp³-hybridized carbons (Fsp3) is 0.667. The van der Waals surface area contributed by atoms with Crippen LogP contribution in [0.1, 0.15) is 31.1 Å². The van der Waals surface area contributed by atoms with Crippen molar-refractivity contribution in [2.45, 2.75) is 32.7 Å². The van der Waals surface area contributed by atoms with E-state index >= 15 is 0 Å². The minimum Gasteiger partial charge on any atom is -0.341 e. The number of carbonyl (C=O) groups excluding carboxylic acids is 1. The lowest BCUT2D eigenvalue weighted by molar-refractivity contribution is -0.131. The average molecular weight is 359 g/mol. The van der Waals surface area contributed by atoms with Crippen LogP contribution in [-0.2, 0) is 11.3 Å². The van der Waals surface area contributed by atoms with Crippen molar-refractivity contribution in [3.63, 3.8) is 0 Å². The molecule has 112 valence electrons. The van der Waals surface area contributed by atoms with Crippen molar-refractivity contribution in [2.24, 2.45) is 11.8 Å². The van der Waals surface area contributed by atoms with Gasteiger partial charge in [-0.3, -0.25) is 4.79 Å². The van der Waals surface area contributed by atoms with Crippen LogP contribution in [0.25, 0.3) is 0 Å². The predicted molar refractivity (Wildman–Crippen MR) is 87.9 cm³/mol. The maximum absolute atomic E-state index is 12.3. The number of carbonyl (C=O) groups is 1. The fourth-order valence-corrected chi connectivity index (χ4v) is 4.31. The summed E-state index contributed by atoms with van der Waals surface area (Å²) in [5, 5.41) is 3.38. The minimum absolute atomic E-state index is 0.264. The van der Waals surface area contributed by atoms with Gasteiger partial charge in [-0.15, -0.1) is 11.3 Å². The molecule has 0 aliphatic carbocycles. The molecule has 1 atom stereocenters. The van der Waals surface area contributed by atoms with Gasteiger partial charge in [0.15, 0.2) is 0 Å². The van der Waals surface area contributed by atoms with Crippen LogP contribution >= 0.6 is 27.3 Å². The highest BCUT2D eigenvalue weighted by Crippen LogP contribution is 2.26. The lowest BCUT2D eigenvalue weighted by atomic mass is 9.84. The van der Waals surface area contributed by atoms with Crippen molar-refractivity contribution < 1.29 is 4.79 Å². The van der Waals surface area contributed by atoms with E-state index in [1.54, 1.807) is 11.3 Å².